The molecule has 7 aliphatic rings. The molecule has 0 radical (unpaired) electrons. The van der Waals surface area contributed by atoms with Gasteiger partial charge in [-0.2, -0.15) is 0 Å². The third-order valence-electron chi connectivity index (χ3n) is 12.4. The highest BCUT2D eigenvalue weighted by molar-refractivity contribution is 5.76. The molecule has 0 aromatic carbocycles. The van der Waals surface area contributed by atoms with Crippen molar-refractivity contribution >= 4 is 5.97 Å². The Balaban J connectivity index is 1.27. The van der Waals surface area contributed by atoms with Gasteiger partial charge < -0.3 is 14.6 Å². The number of hydrogen-bond acceptors (Lipinski definition) is 4. The van der Waals surface area contributed by atoms with Crippen LogP contribution in [-0.4, -0.2) is 29.6 Å². The number of esters is 1. The highest BCUT2D eigenvalue weighted by atomic mass is 16.7. The number of aliphatic hydroxyl groups is 1. The molecule has 7 fully saturated rings. The fourth-order valence-corrected chi connectivity index (χ4v) is 10.7. The maximum absolute atomic E-state index is 13.1. The van der Waals surface area contributed by atoms with Crippen molar-refractivity contribution < 1.29 is 19.4 Å². The monoisotopic (exact) mass is 458 g/mol. The third-order valence-corrected chi connectivity index (χ3v) is 12.4. The minimum atomic E-state index is -0.304. The Bertz CT molecular complexity index is 780. The van der Waals surface area contributed by atoms with E-state index >= 15 is 0 Å². The van der Waals surface area contributed by atoms with Gasteiger partial charge in [-0.05, 0) is 111 Å². The van der Waals surface area contributed by atoms with Crippen LogP contribution in [-0.2, 0) is 14.3 Å². The average molecular weight is 459 g/mol. The predicted molar refractivity (Wildman–Crippen MR) is 127 cm³/mol. The van der Waals surface area contributed by atoms with E-state index < -0.39 is 0 Å². The zero-order chi connectivity index (χ0) is 23.1. The molecule has 0 amide bonds. The SMILES string of the molecule is CCC(CC1OC2OC(=O)C1C1CCC3C4CCC5CC(O)CCC5(C)C4CCC231)C(C)C. The maximum Gasteiger partial charge on any atom is 0.314 e. The molecule has 1 N–H and O–H groups in total. The van der Waals surface area contributed by atoms with Gasteiger partial charge in [-0.15, -0.1) is 0 Å². The van der Waals surface area contributed by atoms with E-state index in [1.54, 1.807) is 0 Å². The summed E-state index contributed by atoms with van der Waals surface area (Å²) < 4.78 is 12.9. The molecular weight excluding hydrogens is 412 g/mol. The fraction of sp³-hybridized carbons (Fsp3) is 0.966. The lowest BCUT2D eigenvalue weighted by Crippen LogP contribution is -2.67. The van der Waals surface area contributed by atoms with Gasteiger partial charge in [-0.1, -0.05) is 34.1 Å². The fourth-order valence-electron chi connectivity index (χ4n) is 10.7. The molecule has 1 spiro atoms. The first-order valence-electron chi connectivity index (χ1n) is 14.3. The van der Waals surface area contributed by atoms with Crippen LogP contribution in [0.5, 0.6) is 0 Å². The average Bonchev–Trinajstić information content (AvgIpc) is 3.20. The molecule has 186 valence electrons. The van der Waals surface area contributed by atoms with Gasteiger partial charge in [0.1, 0.15) is 0 Å². The first kappa shape index (κ1) is 22.8. The summed E-state index contributed by atoms with van der Waals surface area (Å²) in [6, 6.07) is 0. The Morgan fingerprint density at radius 2 is 1.82 bits per heavy atom. The van der Waals surface area contributed by atoms with E-state index in [1.807, 2.05) is 0 Å². The number of hydrogen-bond donors (Lipinski definition) is 1. The van der Waals surface area contributed by atoms with Crippen LogP contribution in [0.4, 0.5) is 0 Å². The van der Waals surface area contributed by atoms with Crippen molar-refractivity contribution in [3.63, 3.8) is 0 Å². The van der Waals surface area contributed by atoms with Crippen molar-refractivity contribution in [3.8, 4) is 0 Å². The summed E-state index contributed by atoms with van der Waals surface area (Å²) in [7, 11) is 0. The normalized spacial score (nSPS) is 53.6. The van der Waals surface area contributed by atoms with Crippen LogP contribution in [0.1, 0.15) is 98.3 Å². The Labute approximate surface area is 200 Å². The largest absolute Gasteiger partial charge is 0.435 e. The molecule has 3 aliphatic heterocycles. The smallest absolute Gasteiger partial charge is 0.314 e. The Kier molecular flexibility index (Phi) is 5.50. The van der Waals surface area contributed by atoms with Gasteiger partial charge in [0, 0.05) is 5.41 Å². The second kappa shape index (κ2) is 7.95. The van der Waals surface area contributed by atoms with Crippen molar-refractivity contribution in [2.24, 2.45) is 58.2 Å². The van der Waals surface area contributed by atoms with Crippen molar-refractivity contribution in [1.29, 1.82) is 0 Å². The molecule has 7 rings (SSSR count). The Hall–Kier alpha value is -0.610. The molecule has 0 aromatic rings. The number of aliphatic hydroxyl groups excluding tert-OH is 1. The lowest BCUT2D eigenvalue weighted by molar-refractivity contribution is -0.338. The molecule has 4 aliphatic carbocycles. The molecular formula is C29H46O4. The van der Waals surface area contributed by atoms with Crippen molar-refractivity contribution in [1.82, 2.24) is 0 Å². The number of carbonyl (C=O) groups excluding carboxylic acids is 1. The quantitative estimate of drug-likeness (QED) is 0.528. The van der Waals surface area contributed by atoms with E-state index in [4.69, 9.17) is 9.47 Å². The lowest BCUT2D eigenvalue weighted by atomic mass is 9.43. The van der Waals surface area contributed by atoms with E-state index in [0.717, 1.165) is 37.5 Å². The molecule has 3 saturated heterocycles. The van der Waals surface area contributed by atoms with Gasteiger partial charge in [0.15, 0.2) is 0 Å². The molecule has 33 heavy (non-hydrogen) atoms. The van der Waals surface area contributed by atoms with Gasteiger partial charge in [0.05, 0.1) is 18.1 Å². The topological polar surface area (TPSA) is 55.8 Å². The summed E-state index contributed by atoms with van der Waals surface area (Å²) in [6.07, 6.45) is 12.5. The second-order valence-electron chi connectivity index (χ2n) is 13.5. The Morgan fingerprint density at radius 3 is 2.58 bits per heavy atom. The van der Waals surface area contributed by atoms with Crippen LogP contribution < -0.4 is 0 Å². The molecule has 0 aromatic heterocycles. The molecule has 4 saturated carbocycles. The summed E-state index contributed by atoms with van der Waals surface area (Å²) in [6.45, 7) is 9.45. The minimum absolute atomic E-state index is 0.0406. The summed E-state index contributed by atoms with van der Waals surface area (Å²) >= 11 is 0. The summed E-state index contributed by atoms with van der Waals surface area (Å²) in [5.41, 5.74) is 0.467. The molecule has 4 heteroatoms. The van der Waals surface area contributed by atoms with Crippen LogP contribution in [0.2, 0.25) is 0 Å². The van der Waals surface area contributed by atoms with Gasteiger partial charge in [-0.25, -0.2) is 0 Å². The lowest BCUT2D eigenvalue weighted by Gasteiger charge is -2.65. The molecule has 12 unspecified atom stereocenters. The third kappa shape index (κ3) is 3.11. The van der Waals surface area contributed by atoms with Gasteiger partial charge in [-0.3, -0.25) is 4.79 Å². The van der Waals surface area contributed by atoms with Crippen LogP contribution in [0, 0.1) is 58.2 Å². The zero-order valence-corrected chi connectivity index (χ0v) is 21.3. The highest BCUT2D eigenvalue weighted by Gasteiger charge is 2.72. The Morgan fingerprint density at radius 1 is 1.03 bits per heavy atom. The standard InChI is InChI=1S/C29H46O4/c1-5-17(16(2)3)14-24-25-23-9-8-22-20-7-6-18-15-19(30)10-12-28(18,4)21(20)11-13-29(22,23)27(32-24)33-26(25)31/h16-25,27,30H,5-15H2,1-4H3. The summed E-state index contributed by atoms with van der Waals surface area (Å²) in [5.74, 6) is 4.58. The molecule has 4 nitrogen and oxygen atoms in total. The van der Waals surface area contributed by atoms with E-state index in [1.165, 1.54) is 44.9 Å². The second-order valence-corrected chi connectivity index (χ2v) is 13.5. The van der Waals surface area contributed by atoms with E-state index in [9.17, 15) is 9.90 Å². The first-order valence-corrected chi connectivity index (χ1v) is 14.3. The van der Waals surface area contributed by atoms with Crippen LogP contribution in [0.25, 0.3) is 0 Å². The van der Waals surface area contributed by atoms with Crippen molar-refractivity contribution in [3.05, 3.63) is 0 Å². The number of rotatable bonds is 4. The molecule has 3 heterocycles. The van der Waals surface area contributed by atoms with Crippen LogP contribution >= 0.6 is 0 Å². The van der Waals surface area contributed by atoms with Gasteiger partial charge >= 0.3 is 5.97 Å². The highest BCUT2D eigenvalue weighted by Crippen LogP contribution is 2.72. The predicted octanol–water partition coefficient (Wildman–Crippen LogP) is 5.96. The zero-order valence-electron chi connectivity index (χ0n) is 21.3. The van der Waals surface area contributed by atoms with Crippen LogP contribution in [0.15, 0.2) is 0 Å². The van der Waals surface area contributed by atoms with Crippen molar-refractivity contribution in [2.75, 3.05) is 0 Å². The summed E-state index contributed by atoms with van der Waals surface area (Å²) in [5, 5.41) is 10.3. The van der Waals surface area contributed by atoms with E-state index in [-0.39, 0.29) is 35.8 Å². The molecule has 2 bridgehead atoms. The molecule has 12 atom stereocenters. The van der Waals surface area contributed by atoms with Gasteiger partial charge in [0.25, 0.3) is 0 Å². The minimum Gasteiger partial charge on any atom is -0.435 e. The van der Waals surface area contributed by atoms with Crippen molar-refractivity contribution in [2.45, 2.75) is 117 Å². The summed E-state index contributed by atoms with van der Waals surface area (Å²) in [4.78, 5) is 13.1. The number of carbonyl (C=O) groups is 1. The van der Waals surface area contributed by atoms with E-state index in [0.29, 0.717) is 35.0 Å². The van der Waals surface area contributed by atoms with Crippen LogP contribution in [0.3, 0.4) is 0 Å². The van der Waals surface area contributed by atoms with Gasteiger partial charge in [0.2, 0.25) is 6.29 Å². The first-order chi connectivity index (χ1) is 15.8. The van der Waals surface area contributed by atoms with E-state index in [2.05, 4.69) is 27.7 Å². The maximum atomic E-state index is 13.1. The number of fused-ring (bicyclic) bond motifs is 6. The number of ether oxygens (including phenoxy) is 2.